The number of hydrogen-bond donors (Lipinski definition) is 1. The average molecular weight is 214 g/mol. The molecule has 2 aliphatic rings. The molecule has 0 saturated carbocycles. The summed E-state index contributed by atoms with van der Waals surface area (Å²) < 4.78 is 11.5. The SMILES string of the molecule is CCC1C[C@@]2(CC(O)OC2C)C(CC)O1. The summed E-state index contributed by atoms with van der Waals surface area (Å²) in [4.78, 5) is 0. The molecule has 4 unspecified atom stereocenters. The first-order valence-electron chi connectivity index (χ1n) is 6.11. The number of ether oxygens (including phenoxy) is 2. The molecule has 88 valence electrons. The van der Waals surface area contributed by atoms with Gasteiger partial charge in [0.05, 0.1) is 18.3 Å². The Balaban J connectivity index is 2.18. The molecule has 2 heterocycles. The van der Waals surface area contributed by atoms with Crippen molar-refractivity contribution in [2.75, 3.05) is 0 Å². The highest BCUT2D eigenvalue weighted by Crippen LogP contribution is 2.52. The van der Waals surface area contributed by atoms with Crippen LogP contribution in [0, 0.1) is 5.41 Å². The van der Waals surface area contributed by atoms with Crippen molar-refractivity contribution in [3.05, 3.63) is 0 Å². The lowest BCUT2D eigenvalue weighted by Crippen LogP contribution is -2.36. The van der Waals surface area contributed by atoms with Crippen LogP contribution in [0.2, 0.25) is 0 Å². The van der Waals surface area contributed by atoms with Crippen molar-refractivity contribution in [3.63, 3.8) is 0 Å². The second-order valence-electron chi connectivity index (χ2n) is 4.94. The Morgan fingerprint density at radius 2 is 1.93 bits per heavy atom. The van der Waals surface area contributed by atoms with Gasteiger partial charge in [0.25, 0.3) is 0 Å². The van der Waals surface area contributed by atoms with E-state index in [0.29, 0.717) is 6.10 Å². The van der Waals surface area contributed by atoms with Gasteiger partial charge in [0, 0.05) is 11.8 Å². The fourth-order valence-corrected chi connectivity index (χ4v) is 3.27. The quantitative estimate of drug-likeness (QED) is 0.765. The third-order valence-corrected chi connectivity index (χ3v) is 4.16. The molecule has 1 spiro atoms. The van der Waals surface area contributed by atoms with Gasteiger partial charge in [-0.15, -0.1) is 0 Å². The third-order valence-electron chi connectivity index (χ3n) is 4.16. The van der Waals surface area contributed by atoms with Gasteiger partial charge in [0.2, 0.25) is 0 Å². The summed E-state index contributed by atoms with van der Waals surface area (Å²) in [5.74, 6) is 0. The summed E-state index contributed by atoms with van der Waals surface area (Å²) in [6.45, 7) is 6.38. The van der Waals surface area contributed by atoms with E-state index in [0.717, 1.165) is 25.7 Å². The lowest BCUT2D eigenvalue weighted by molar-refractivity contribution is -0.0929. The maximum absolute atomic E-state index is 9.62. The first-order valence-corrected chi connectivity index (χ1v) is 6.11. The highest BCUT2D eigenvalue weighted by Gasteiger charge is 2.56. The lowest BCUT2D eigenvalue weighted by Gasteiger charge is -2.31. The molecule has 2 fully saturated rings. The topological polar surface area (TPSA) is 38.7 Å². The molecule has 0 aliphatic carbocycles. The Hall–Kier alpha value is -0.120. The highest BCUT2D eigenvalue weighted by atomic mass is 16.6. The van der Waals surface area contributed by atoms with Gasteiger partial charge in [0.1, 0.15) is 0 Å². The van der Waals surface area contributed by atoms with Crippen LogP contribution in [0.5, 0.6) is 0 Å². The zero-order valence-corrected chi connectivity index (χ0v) is 9.90. The monoisotopic (exact) mass is 214 g/mol. The van der Waals surface area contributed by atoms with Crippen LogP contribution in [0.25, 0.3) is 0 Å². The van der Waals surface area contributed by atoms with E-state index in [4.69, 9.17) is 9.47 Å². The predicted octanol–water partition coefficient (Wildman–Crippen LogP) is 2.08. The molecule has 1 N–H and O–H groups in total. The molecule has 0 amide bonds. The van der Waals surface area contributed by atoms with E-state index in [1.807, 2.05) is 0 Å². The summed E-state index contributed by atoms with van der Waals surface area (Å²) in [5.41, 5.74) is 0.0643. The Kier molecular flexibility index (Phi) is 3.06. The summed E-state index contributed by atoms with van der Waals surface area (Å²) in [7, 11) is 0. The van der Waals surface area contributed by atoms with Gasteiger partial charge in [-0.25, -0.2) is 0 Å². The molecule has 2 rings (SSSR count). The fraction of sp³-hybridized carbons (Fsp3) is 1.00. The van der Waals surface area contributed by atoms with E-state index in [1.165, 1.54) is 0 Å². The van der Waals surface area contributed by atoms with Gasteiger partial charge in [-0.3, -0.25) is 0 Å². The first kappa shape index (κ1) is 11.4. The fourth-order valence-electron chi connectivity index (χ4n) is 3.27. The molecule has 0 aromatic heterocycles. The van der Waals surface area contributed by atoms with Crippen molar-refractivity contribution < 1.29 is 14.6 Å². The molecule has 2 saturated heterocycles. The summed E-state index contributed by atoms with van der Waals surface area (Å²) in [6, 6.07) is 0. The maximum atomic E-state index is 9.62. The van der Waals surface area contributed by atoms with Gasteiger partial charge >= 0.3 is 0 Å². The zero-order valence-electron chi connectivity index (χ0n) is 9.90. The van der Waals surface area contributed by atoms with E-state index >= 15 is 0 Å². The largest absolute Gasteiger partial charge is 0.374 e. The number of hydrogen-bond acceptors (Lipinski definition) is 3. The lowest BCUT2D eigenvalue weighted by atomic mass is 9.73. The standard InChI is InChI=1S/C12H22O3/c1-4-9-6-12(10(5-2)15-9)7-11(13)14-8(12)3/h8-11,13H,4-7H2,1-3H3/t8?,9?,10?,11?,12-/m0/s1. The summed E-state index contributed by atoms with van der Waals surface area (Å²) >= 11 is 0. The molecular weight excluding hydrogens is 192 g/mol. The van der Waals surface area contributed by atoms with Crippen LogP contribution in [0.1, 0.15) is 46.5 Å². The summed E-state index contributed by atoms with van der Waals surface area (Å²) in [5, 5.41) is 9.62. The van der Waals surface area contributed by atoms with Crippen molar-refractivity contribution in [2.45, 2.75) is 71.1 Å². The Morgan fingerprint density at radius 1 is 1.20 bits per heavy atom. The van der Waals surface area contributed by atoms with E-state index in [2.05, 4.69) is 20.8 Å². The van der Waals surface area contributed by atoms with Gasteiger partial charge in [0.15, 0.2) is 6.29 Å². The Morgan fingerprint density at radius 3 is 2.40 bits per heavy atom. The second kappa shape index (κ2) is 4.04. The van der Waals surface area contributed by atoms with Crippen LogP contribution in [-0.2, 0) is 9.47 Å². The minimum atomic E-state index is -0.590. The molecule has 15 heavy (non-hydrogen) atoms. The highest BCUT2D eigenvalue weighted by molar-refractivity contribution is 5.02. The molecule has 2 aliphatic heterocycles. The van der Waals surface area contributed by atoms with Crippen molar-refractivity contribution in [1.82, 2.24) is 0 Å². The Labute approximate surface area is 91.8 Å². The van der Waals surface area contributed by atoms with E-state index in [9.17, 15) is 5.11 Å². The molecular formula is C12H22O3. The van der Waals surface area contributed by atoms with E-state index in [1.54, 1.807) is 0 Å². The Bertz CT molecular complexity index is 231. The molecule has 0 aromatic rings. The van der Waals surface area contributed by atoms with Crippen LogP contribution < -0.4 is 0 Å². The van der Waals surface area contributed by atoms with Gasteiger partial charge in [-0.05, 0) is 26.2 Å². The van der Waals surface area contributed by atoms with Crippen molar-refractivity contribution in [2.24, 2.45) is 5.41 Å². The van der Waals surface area contributed by atoms with Gasteiger partial charge in [-0.1, -0.05) is 13.8 Å². The summed E-state index contributed by atoms with van der Waals surface area (Å²) in [6.07, 6.45) is 3.99. The van der Waals surface area contributed by atoms with Gasteiger partial charge in [-0.2, -0.15) is 0 Å². The molecule has 5 atom stereocenters. The number of aliphatic hydroxyl groups is 1. The van der Waals surface area contributed by atoms with Crippen LogP contribution in [0.15, 0.2) is 0 Å². The molecule has 3 nitrogen and oxygen atoms in total. The van der Waals surface area contributed by atoms with Crippen LogP contribution >= 0.6 is 0 Å². The van der Waals surface area contributed by atoms with Crippen LogP contribution in [-0.4, -0.2) is 29.7 Å². The van der Waals surface area contributed by atoms with E-state index in [-0.39, 0.29) is 17.6 Å². The third kappa shape index (κ3) is 1.71. The van der Waals surface area contributed by atoms with Crippen LogP contribution in [0.4, 0.5) is 0 Å². The van der Waals surface area contributed by atoms with Gasteiger partial charge < -0.3 is 14.6 Å². The molecule has 0 aromatic carbocycles. The average Bonchev–Trinajstić information content (AvgIpc) is 2.69. The van der Waals surface area contributed by atoms with Crippen molar-refractivity contribution in [3.8, 4) is 0 Å². The minimum absolute atomic E-state index is 0.0643. The van der Waals surface area contributed by atoms with E-state index < -0.39 is 6.29 Å². The first-order chi connectivity index (χ1) is 7.12. The number of aliphatic hydroxyl groups excluding tert-OH is 1. The predicted molar refractivity (Wildman–Crippen MR) is 57.5 cm³/mol. The smallest absolute Gasteiger partial charge is 0.155 e. The normalized spacial score (nSPS) is 50.4. The zero-order chi connectivity index (χ0) is 11.1. The maximum Gasteiger partial charge on any atom is 0.155 e. The van der Waals surface area contributed by atoms with Crippen molar-refractivity contribution in [1.29, 1.82) is 0 Å². The van der Waals surface area contributed by atoms with Crippen molar-refractivity contribution >= 4 is 0 Å². The minimum Gasteiger partial charge on any atom is -0.374 e. The molecule has 0 radical (unpaired) electrons. The van der Waals surface area contributed by atoms with Crippen LogP contribution in [0.3, 0.4) is 0 Å². The second-order valence-corrected chi connectivity index (χ2v) is 4.94. The molecule has 3 heteroatoms. The number of rotatable bonds is 2. The molecule has 0 bridgehead atoms.